The predicted molar refractivity (Wildman–Crippen MR) is 73.7 cm³/mol. The molecule has 3 N–H and O–H groups in total. The highest BCUT2D eigenvalue weighted by molar-refractivity contribution is 9.10. The number of hydrogen-bond donors (Lipinski definition) is 2. The van der Waals surface area contributed by atoms with Gasteiger partial charge in [-0.15, -0.1) is 0 Å². The van der Waals surface area contributed by atoms with Gasteiger partial charge >= 0.3 is 0 Å². The summed E-state index contributed by atoms with van der Waals surface area (Å²) in [5.74, 6) is -0.114. The Bertz CT molecular complexity index is 449. The van der Waals surface area contributed by atoms with Gasteiger partial charge in [-0.3, -0.25) is 4.79 Å². The van der Waals surface area contributed by atoms with Crippen LogP contribution >= 0.6 is 15.9 Å². The highest BCUT2D eigenvalue weighted by Gasteiger charge is 2.16. The van der Waals surface area contributed by atoms with Gasteiger partial charge in [0.2, 0.25) is 0 Å². The number of nitrogens with zero attached hydrogens (tertiary/aromatic N) is 2. The van der Waals surface area contributed by atoms with Gasteiger partial charge in [-0.05, 0) is 24.6 Å². The van der Waals surface area contributed by atoms with Crippen molar-refractivity contribution in [1.82, 2.24) is 4.90 Å². The molecular weight excluding hydrogens is 298 g/mol. The number of rotatable bonds is 5. The van der Waals surface area contributed by atoms with Gasteiger partial charge in [0.05, 0.1) is 6.54 Å². The average molecular weight is 314 g/mol. The van der Waals surface area contributed by atoms with Gasteiger partial charge in [0.1, 0.15) is 0 Å². The van der Waals surface area contributed by atoms with Crippen molar-refractivity contribution < 1.29 is 10.0 Å². The van der Waals surface area contributed by atoms with Gasteiger partial charge < -0.3 is 15.8 Å². The van der Waals surface area contributed by atoms with Crippen LogP contribution < -0.4 is 5.73 Å². The summed E-state index contributed by atoms with van der Waals surface area (Å²) in [6.07, 6.45) is 0.804. The summed E-state index contributed by atoms with van der Waals surface area (Å²) in [5.41, 5.74) is 6.02. The summed E-state index contributed by atoms with van der Waals surface area (Å²) in [7, 11) is 0. The Morgan fingerprint density at radius 2 is 2.28 bits per heavy atom. The van der Waals surface area contributed by atoms with Crippen molar-refractivity contribution in [2.45, 2.75) is 13.3 Å². The highest BCUT2D eigenvalue weighted by atomic mass is 79.9. The van der Waals surface area contributed by atoms with Gasteiger partial charge in [0.15, 0.2) is 5.84 Å². The molecule has 0 aliphatic rings. The second kappa shape index (κ2) is 7.00. The van der Waals surface area contributed by atoms with E-state index in [0.717, 1.165) is 10.9 Å². The summed E-state index contributed by atoms with van der Waals surface area (Å²) in [4.78, 5) is 13.8. The van der Waals surface area contributed by atoms with E-state index in [0.29, 0.717) is 12.1 Å². The second-order valence-corrected chi connectivity index (χ2v) is 4.74. The molecule has 5 nitrogen and oxygen atoms in total. The zero-order valence-electron chi connectivity index (χ0n) is 10.1. The molecule has 0 heterocycles. The van der Waals surface area contributed by atoms with Crippen molar-refractivity contribution in [3.8, 4) is 0 Å². The molecule has 0 bridgehead atoms. The first-order valence-electron chi connectivity index (χ1n) is 5.59. The Morgan fingerprint density at radius 3 is 2.83 bits per heavy atom. The first-order chi connectivity index (χ1) is 8.58. The van der Waals surface area contributed by atoms with E-state index in [-0.39, 0.29) is 18.3 Å². The second-order valence-electron chi connectivity index (χ2n) is 3.83. The lowest BCUT2D eigenvalue weighted by Crippen LogP contribution is -2.39. The van der Waals surface area contributed by atoms with E-state index in [4.69, 9.17) is 10.9 Å². The quantitative estimate of drug-likeness (QED) is 0.378. The third-order valence-corrected chi connectivity index (χ3v) is 2.83. The minimum atomic E-state index is -0.134. The smallest absolute Gasteiger partial charge is 0.254 e. The Morgan fingerprint density at radius 1 is 1.56 bits per heavy atom. The van der Waals surface area contributed by atoms with Crippen LogP contribution in [-0.4, -0.2) is 34.9 Å². The first-order valence-corrected chi connectivity index (χ1v) is 6.39. The molecule has 0 radical (unpaired) electrons. The SMILES string of the molecule is CCCN(CC(N)=NO)C(=O)c1cccc(Br)c1. The van der Waals surface area contributed by atoms with Crippen molar-refractivity contribution in [1.29, 1.82) is 0 Å². The van der Waals surface area contributed by atoms with Gasteiger partial charge in [-0.1, -0.05) is 34.1 Å². The molecule has 1 amide bonds. The lowest BCUT2D eigenvalue weighted by Gasteiger charge is -2.21. The van der Waals surface area contributed by atoms with Crippen molar-refractivity contribution in [2.24, 2.45) is 10.9 Å². The van der Waals surface area contributed by atoms with Gasteiger partial charge in [-0.25, -0.2) is 0 Å². The molecule has 0 fully saturated rings. The number of benzene rings is 1. The first kappa shape index (κ1) is 14.5. The molecular formula is C12H16BrN3O2. The topological polar surface area (TPSA) is 78.9 Å². The number of hydrogen-bond acceptors (Lipinski definition) is 3. The molecule has 98 valence electrons. The molecule has 6 heteroatoms. The number of halogens is 1. The van der Waals surface area contributed by atoms with E-state index in [1.807, 2.05) is 13.0 Å². The van der Waals surface area contributed by atoms with Crippen LogP contribution in [0.2, 0.25) is 0 Å². The maximum atomic E-state index is 12.3. The fourth-order valence-electron chi connectivity index (χ4n) is 1.55. The Kier molecular flexibility index (Phi) is 5.64. The third kappa shape index (κ3) is 4.03. The monoisotopic (exact) mass is 313 g/mol. The van der Waals surface area contributed by atoms with E-state index >= 15 is 0 Å². The van der Waals surface area contributed by atoms with Crippen LogP contribution in [0.25, 0.3) is 0 Å². The van der Waals surface area contributed by atoms with Crippen LogP contribution in [-0.2, 0) is 0 Å². The van der Waals surface area contributed by atoms with Crippen LogP contribution in [0.15, 0.2) is 33.9 Å². The van der Waals surface area contributed by atoms with Crippen LogP contribution in [0.1, 0.15) is 23.7 Å². The summed E-state index contributed by atoms with van der Waals surface area (Å²) in [6, 6.07) is 7.13. The molecule has 0 spiro atoms. The van der Waals surface area contributed by atoms with Gasteiger partial charge in [0.25, 0.3) is 5.91 Å². The number of amides is 1. The summed E-state index contributed by atoms with van der Waals surface area (Å²) >= 11 is 3.32. The number of carbonyl (C=O) groups excluding carboxylic acids is 1. The lowest BCUT2D eigenvalue weighted by atomic mass is 10.2. The summed E-state index contributed by atoms with van der Waals surface area (Å²) in [6.45, 7) is 2.64. The molecule has 18 heavy (non-hydrogen) atoms. The summed E-state index contributed by atoms with van der Waals surface area (Å²) in [5, 5.41) is 11.5. The molecule has 0 atom stereocenters. The zero-order chi connectivity index (χ0) is 13.5. The number of oxime groups is 1. The zero-order valence-corrected chi connectivity index (χ0v) is 11.7. The number of nitrogens with two attached hydrogens (primary N) is 1. The lowest BCUT2D eigenvalue weighted by molar-refractivity contribution is 0.0778. The number of amidine groups is 1. The van der Waals surface area contributed by atoms with Gasteiger partial charge in [0, 0.05) is 16.6 Å². The standard InChI is InChI=1S/C12H16BrN3O2/c1-2-6-16(8-11(14)15-18)12(17)9-4-3-5-10(13)7-9/h3-5,7,18H,2,6,8H2,1H3,(H2,14,15). The molecule has 1 aromatic carbocycles. The van der Waals surface area contributed by atoms with Crippen LogP contribution in [0, 0.1) is 0 Å². The maximum absolute atomic E-state index is 12.3. The maximum Gasteiger partial charge on any atom is 0.254 e. The van der Waals surface area contributed by atoms with Crippen LogP contribution in [0.3, 0.4) is 0 Å². The van der Waals surface area contributed by atoms with Crippen molar-refractivity contribution in [2.75, 3.05) is 13.1 Å². The fourth-order valence-corrected chi connectivity index (χ4v) is 1.95. The summed E-state index contributed by atoms with van der Waals surface area (Å²) < 4.78 is 0.841. The Labute approximate surface area is 114 Å². The average Bonchev–Trinajstić information content (AvgIpc) is 2.37. The largest absolute Gasteiger partial charge is 0.409 e. The third-order valence-electron chi connectivity index (χ3n) is 2.33. The molecule has 0 aliphatic heterocycles. The minimum absolute atomic E-state index is 0.0202. The molecule has 0 aromatic heterocycles. The van der Waals surface area contributed by atoms with Crippen LogP contribution in [0.4, 0.5) is 0 Å². The Hall–Kier alpha value is -1.56. The molecule has 1 rings (SSSR count). The predicted octanol–water partition coefficient (Wildman–Crippen LogP) is 2.05. The van der Waals surface area contributed by atoms with E-state index in [9.17, 15) is 4.79 Å². The van der Waals surface area contributed by atoms with E-state index in [1.165, 1.54) is 0 Å². The normalized spacial score (nSPS) is 11.3. The molecule has 0 aliphatic carbocycles. The highest BCUT2D eigenvalue weighted by Crippen LogP contribution is 2.13. The van der Waals surface area contributed by atoms with Crippen molar-refractivity contribution in [3.63, 3.8) is 0 Å². The van der Waals surface area contributed by atoms with E-state index < -0.39 is 0 Å². The minimum Gasteiger partial charge on any atom is -0.409 e. The number of carbonyl (C=O) groups is 1. The molecule has 1 aromatic rings. The molecule has 0 saturated carbocycles. The van der Waals surface area contributed by atoms with Crippen molar-refractivity contribution in [3.05, 3.63) is 34.3 Å². The van der Waals surface area contributed by atoms with Crippen LogP contribution in [0.5, 0.6) is 0 Å². The van der Waals surface area contributed by atoms with Crippen molar-refractivity contribution >= 4 is 27.7 Å². The molecule has 0 saturated heterocycles. The molecule has 0 unspecified atom stereocenters. The van der Waals surface area contributed by atoms with E-state index in [2.05, 4.69) is 21.1 Å². The van der Waals surface area contributed by atoms with E-state index in [1.54, 1.807) is 23.1 Å². The Balaban J connectivity index is 2.88. The fraction of sp³-hybridized carbons (Fsp3) is 0.333. The van der Waals surface area contributed by atoms with Gasteiger partial charge in [-0.2, -0.15) is 0 Å².